The summed E-state index contributed by atoms with van der Waals surface area (Å²) in [4.78, 5) is 3.64. The quantitative estimate of drug-likeness (QED) is 0.874. The highest BCUT2D eigenvalue weighted by Crippen LogP contribution is 2.40. The number of halogens is 3. The molecule has 2 rings (SSSR count). The topological polar surface area (TPSA) is 45.2 Å². The molecule has 0 amide bonds. The van der Waals surface area contributed by atoms with Crippen LogP contribution in [0.25, 0.3) is 0 Å². The molecule has 0 aromatic carbocycles. The van der Waals surface area contributed by atoms with Crippen LogP contribution in [0.4, 0.5) is 13.2 Å². The van der Waals surface area contributed by atoms with Crippen molar-refractivity contribution in [1.29, 1.82) is 0 Å². The molecule has 2 atom stereocenters. The molecule has 0 spiro atoms. The van der Waals surface area contributed by atoms with E-state index in [0.29, 0.717) is 17.9 Å². The Hall–Kier alpha value is -0.660. The second-order valence-corrected chi connectivity index (χ2v) is 5.75. The average Bonchev–Trinajstić information content (AvgIpc) is 2.79. The number of hydrogen-bond donors (Lipinski definition) is 2. The largest absolute Gasteiger partial charge is 0.443 e. The maximum Gasteiger partial charge on any atom is 0.443 e. The van der Waals surface area contributed by atoms with Crippen LogP contribution in [0, 0.1) is 5.92 Å². The number of alkyl halides is 3. The van der Waals surface area contributed by atoms with Gasteiger partial charge in [-0.05, 0) is 26.3 Å². The van der Waals surface area contributed by atoms with Gasteiger partial charge in [0.05, 0.1) is 4.88 Å². The third-order valence-electron chi connectivity index (χ3n) is 3.34. The minimum atomic E-state index is -4.44. The van der Waals surface area contributed by atoms with E-state index in [2.05, 4.69) is 10.3 Å². The Balaban J connectivity index is 2.21. The van der Waals surface area contributed by atoms with Crippen molar-refractivity contribution < 1.29 is 18.3 Å². The Labute approximate surface area is 107 Å². The zero-order valence-electron chi connectivity index (χ0n) is 9.92. The predicted molar refractivity (Wildman–Crippen MR) is 62.3 cm³/mol. The molecule has 102 valence electrons. The molecule has 1 fully saturated rings. The summed E-state index contributed by atoms with van der Waals surface area (Å²) < 4.78 is 37.5. The van der Waals surface area contributed by atoms with Crippen LogP contribution >= 0.6 is 11.3 Å². The summed E-state index contributed by atoms with van der Waals surface area (Å²) in [5.74, 6) is -0.0761. The van der Waals surface area contributed by atoms with E-state index < -0.39 is 16.8 Å². The Morgan fingerprint density at radius 2 is 2.22 bits per heavy atom. The molecule has 0 aliphatic carbocycles. The minimum Gasteiger partial charge on any atom is -0.384 e. The van der Waals surface area contributed by atoms with Gasteiger partial charge in [-0.15, -0.1) is 11.3 Å². The number of nitrogens with zero attached hydrogens (tertiary/aromatic N) is 1. The van der Waals surface area contributed by atoms with Crippen molar-refractivity contribution >= 4 is 11.3 Å². The first kappa shape index (κ1) is 13.8. The molecule has 7 heteroatoms. The zero-order chi connectivity index (χ0) is 13.4. The van der Waals surface area contributed by atoms with Gasteiger partial charge in [-0.3, -0.25) is 0 Å². The van der Waals surface area contributed by atoms with Gasteiger partial charge in [0.1, 0.15) is 5.60 Å². The van der Waals surface area contributed by atoms with Crippen molar-refractivity contribution in [3.63, 3.8) is 0 Å². The molecular weight excluding hydrogens is 265 g/mol. The van der Waals surface area contributed by atoms with E-state index in [1.54, 1.807) is 6.92 Å². The van der Waals surface area contributed by atoms with Gasteiger partial charge in [-0.25, -0.2) is 4.98 Å². The molecule has 1 aromatic rings. The molecule has 0 radical (unpaired) electrons. The standard InChI is InChI=1S/C11H15F3N2OS/c1-10(17,7-3-2-4-15-5-7)8-6-16-9(18-8)11(12,13)14/h6-7,15,17H,2-5H2,1H3. The van der Waals surface area contributed by atoms with Gasteiger partial charge in [-0.2, -0.15) is 13.2 Å². The highest BCUT2D eigenvalue weighted by molar-refractivity contribution is 7.11. The van der Waals surface area contributed by atoms with Gasteiger partial charge in [0.2, 0.25) is 0 Å². The molecular formula is C11H15F3N2OS. The molecule has 2 N–H and O–H groups in total. The van der Waals surface area contributed by atoms with Crippen molar-refractivity contribution in [2.24, 2.45) is 5.92 Å². The molecule has 1 aliphatic rings. The molecule has 0 bridgehead atoms. The fraction of sp³-hybridized carbons (Fsp3) is 0.727. The van der Waals surface area contributed by atoms with Gasteiger partial charge in [0, 0.05) is 18.7 Å². The smallest absolute Gasteiger partial charge is 0.384 e. The number of aromatic nitrogens is 1. The van der Waals surface area contributed by atoms with E-state index in [1.807, 2.05) is 0 Å². The molecule has 2 unspecified atom stereocenters. The fourth-order valence-electron chi connectivity index (χ4n) is 2.17. The van der Waals surface area contributed by atoms with Crippen molar-refractivity contribution in [2.45, 2.75) is 31.5 Å². The first-order valence-electron chi connectivity index (χ1n) is 5.78. The number of nitrogens with one attached hydrogen (secondary N) is 1. The van der Waals surface area contributed by atoms with E-state index in [1.165, 1.54) is 0 Å². The van der Waals surface area contributed by atoms with Crippen LogP contribution in [0.3, 0.4) is 0 Å². The van der Waals surface area contributed by atoms with Crippen LogP contribution in [0.2, 0.25) is 0 Å². The normalized spacial score (nSPS) is 24.8. The molecule has 1 saturated heterocycles. The fourth-order valence-corrected chi connectivity index (χ4v) is 3.08. The average molecular weight is 280 g/mol. The Morgan fingerprint density at radius 3 is 2.72 bits per heavy atom. The summed E-state index contributed by atoms with van der Waals surface area (Å²) in [6.45, 7) is 3.08. The molecule has 2 heterocycles. The number of rotatable bonds is 2. The van der Waals surface area contributed by atoms with Crippen LogP contribution in [0.15, 0.2) is 6.20 Å². The Kier molecular flexibility index (Phi) is 3.66. The van der Waals surface area contributed by atoms with Crippen molar-refractivity contribution in [3.05, 3.63) is 16.1 Å². The summed E-state index contributed by atoms with van der Waals surface area (Å²) in [6, 6.07) is 0. The van der Waals surface area contributed by atoms with Crippen LogP contribution in [0.5, 0.6) is 0 Å². The summed E-state index contributed by atoms with van der Waals surface area (Å²) in [5, 5.41) is 12.7. The third-order valence-corrected chi connectivity index (χ3v) is 4.61. The maximum atomic E-state index is 12.5. The monoisotopic (exact) mass is 280 g/mol. The summed E-state index contributed by atoms with van der Waals surface area (Å²) >= 11 is 0.527. The van der Waals surface area contributed by atoms with Crippen molar-refractivity contribution in [3.8, 4) is 0 Å². The van der Waals surface area contributed by atoms with E-state index in [-0.39, 0.29) is 10.8 Å². The van der Waals surface area contributed by atoms with E-state index in [4.69, 9.17) is 0 Å². The second kappa shape index (κ2) is 4.79. The van der Waals surface area contributed by atoms with Gasteiger partial charge in [-0.1, -0.05) is 0 Å². The van der Waals surface area contributed by atoms with Gasteiger partial charge in [0.15, 0.2) is 5.01 Å². The summed E-state index contributed by atoms with van der Waals surface area (Å²) in [7, 11) is 0. The molecule has 0 saturated carbocycles. The van der Waals surface area contributed by atoms with Gasteiger partial charge in [0.25, 0.3) is 0 Å². The van der Waals surface area contributed by atoms with Crippen LogP contribution in [0.1, 0.15) is 29.7 Å². The molecule has 1 aliphatic heterocycles. The lowest BCUT2D eigenvalue weighted by Crippen LogP contribution is -2.41. The van der Waals surface area contributed by atoms with E-state index >= 15 is 0 Å². The third kappa shape index (κ3) is 2.67. The lowest BCUT2D eigenvalue weighted by Gasteiger charge is -2.34. The lowest BCUT2D eigenvalue weighted by molar-refractivity contribution is -0.137. The van der Waals surface area contributed by atoms with E-state index in [0.717, 1.165) is 25.6 Å². The SMILES string of the molecule is CC(O)(c1cnc(C(F)(F)F)s1)C1CCCNC1. The van der Waals surface area contributed by atoms with E-state index in [9.17, 15) is 18.3 Å². The number of piperidine rings is 1. The van der Waals surface area contributed by atoms with Crippen molar-refractivity contribution in [2.75, 3.05) is 13.1 Å². The van der Waals surface area contributed by atoms with Crippen LogP contribution < -0.4 is 5.32 Å². The van der Waals surface area contributed by atoms with Gasteiger partial charge < -0.3 is 10.4 Å². The lowest BCUT2D eigenvalue weighted by atomic mass is 9.83. The van der Waals surface area contributed by atoms with Gasteiger partial charge >= 0.3 is 6.18 Å². The zero-order valence-corrected chi connectivity index (χ0v) is 10.7. The second-order valence-electron chi connectivity index (χ2n) is 4.72. The molecule has 3 nitrogen and oxygen atoms in total. The summed E-state index contributed by atoms with van der Waals surface area (Å²) in [6.07, 6.45) is -1.57. The van der Waals surface area contributed by atoms with Crippen LogP contribution in [-0.4, -0.2) is 23.2 Å². The maximum absolute atomic E-state index is 12.5. The number of hydrogen-bond acceptors (Lipinski definition) is 4. The summed E-state index contributed by atoms with van der Waals surface area (Å²) in [5.41, 5.74) is -1.26. The molecule has 18 heavy (non-hydrogen) atoms. The molecule has 1 aromatic heterocycles. The minimum absolute atomic E-state index is 0.0761. The Bertz CT molecular complexity index is 411. The predicted octanol–water partition coefficient (Wildman–Crippen LogP) is 2.37. The number of thiazole rings is 1. The highest BCUT2D eigenvalue weighted by atomic mass is 32.1. The first-order valence-corrected chi connectivity index (χ1v) is 6.60. The number of aliphatic hydroxyl groups is 1. The Morgan fingerprint density at radius 1 is 1.50 bits per heavy atom. The highest BCUT2D eigenvalue weighted by Gasteiger charge is 2.40. The van der Waals surface area contributed by atoms with Crippen molar-refractivity contribution in [1.82, 2.24) is 10.3 Å². The first-order chi connectivity index (χ1) is 8.32. The van der Waals surface area contributed by atoms with Crippen LogP contribution in [-0.2, 0) is 11.8 Å².